The topological polar surface area (TPSA) is 88.4 Å². The third-order valence-electron chi connectivity index (χ3n) is 6.51. The number of urea groups is 1. The van der Waals surface area contributed by atoms with Crippen LogP contribution in [-0.2, 0) is 6.54 Å². The number of likely N-dealkylation sites (tertiary alicyclic amines) is 1. The van der Waals surface area contributed by atoms with E-state index in [-0.39, 0.29) is 24.2 Å². The molecule has 0 radical (unpaired) electrons. The highest BCUT2D eigenvalue weighted by molar-refractivity contribution is 6.30. The molecule has 2 fully saturated rings. The lowest BCUT2D eigenvalue weighted by Gasteiger charge is -2.44. The van der Waals surface area contributed by atoms with Crippen LogP contribution >= 0.6 is 11.6 Å². The number of benzene rings is 1. The van der Waals surface area contributed by atoms with E-state index in [9.17, 15) is 4.79 Å². The standard InChI is InChI=1S/C24H30ClN7O/c1-17-15-32(18(2)14-31(17)23-27-12-20(11-26)13-28-23)24(33)29-22-7-9-30(10-8-22)16-19-3-5-21(25)6-4-19/h3-6,12-13,17-18,22H,7-10,14-16H2,1-2H3,(H,29,33)/t17-,18+/m0/s1. The van der Waals surface area contributed by atoms with Gasteiger partial charge in [-0.05, 0) is 44.4 Å². The highest BCUT2D eigenvalue weighted by Gasteiger charge is 2.34. The lowest BCUT2D eigenvalue weighted by molar-refractivity contribution is 0.145. The summed E-state index contributed by atoms with van der Waals surface area (Å²) in [5, 5.41) is 13.0. The molecule has 0 aliphatic carbocycles. The van der Waals surface area contributed by atoms with E-state index < -0.39 is 0 Å². The predicted molar refractivity (Wildman–Crippen MR) is 128 cm³/mol. The van der Waals surface area contributed by atoms with Gasteiger partial charge in [-0.2, -0.15) is 5.26 Å². The van der Waals surface area contributed by atoms with Crippen LogP contribution in [0.5, 0.6) is 0 Å². The molecule has 2 saturated heterocycles. The SMILES string of the molecule is C[C@@H]1CN(c2ncc(C#N)cn2)[C@@H](C)CN1C(=O)NC1CCN(Cc2ccc(Cl)cc2)CC1. The molecule has 8 nitrogen and oxygen atoms in total. The second-order valence-electron chi connectivity index (χ2n) is 9.01. The van der Waals surface area contributed by atoms with Gasteiger partial charge in [0.1, 0.15) is 6.07 Å². The van der Waals surface area contributed by atoms with Crippen LogP contribution in [0.4, 0.5) is 10.7 Å². The average Bonchev–Trinajstić information content (AvgIpc) is 2.83. The van der Waals surface area contributed by atoms with Crippen LogP contribution < -0.4 is 10.2 Å². The van der Waals surface area contributed by atoms with Crippen molar-refractivity contribution in [3.8, 4) is 6.07 Å². The molecule has 174 valence electrons. The summed E-state index contributed by atoms with van der Waals surface area (Å²) in [6, 6.07) is 10.4. The lowest BCUT2D eigenvalue weighted by Crippen LogP contribution is -2.61. The number of rotatable bonds is 4. The van der Waals surface area contributed by atoms with Crippen LogP contribution in [0.1, 0.15) is 37.8 Å². The highest BCUT2D eigenvalue weighted by Crippen LogP contribution is 2.21. The first-order valence-corrected chi connectivity index (χ1v) is 11.8. The van der Waals surface area contributed by atoms with Crippen LogP contribution in [0.25, 0.3) is 0 Å². The van der Waals surface area contributed by atoms with Gasteiger partial charge >= 0.3 is 6.03 Å². The van der Waals surface area contributed by atoms with Gasteiger partial charge in [-0.3, -0.25) is 4.90 Å². The van der Waals surface area contributed by atoms with E-state index in [2.05, 4.69) is 51.1 Å². The van der Waals surface area contributed by atoms with Gasteiger partial charge < -0.3 is 15.1 Å². The van der Waals surface area contributed by atoms with E-state index in [1.165, 1.54) is 18.0 Å². The van der Waals surface area contributed by atoms with Gasteiger partial charge in [0, 0.05) is 55.9 Å². The van der Waals surface area contributed by atoms with E-state index in [1.807, 2.05) is 23.1 Å². The first-order chi connectivity index (χ1) is 15.9. The number of carbonyl (C=O) groups is 1. The van der Waals surface area contributed by atoms with Crippen molar-refractivity contribution < 1.29 is 4.79 Å². The molecule has 2 atom stereocenters. The quantitative estimate of drug-likeness (QED) is 0.742. The molecule has 9 heteroatoms. The van der Waals surface area contributed by atoms with E-state index in [0.29, 0.717) is 24.6 Å². The molecule has 2 aromatic rings. The molecule has 2 amide bonds. The van der Waals surface area contributed by atoms with Crippen LogP contribution in [0.2, 0.25) is 5.02 Å². The predicted octanol–water partition coefficient (Wildman–Crippen LogP) is 3.27. The normalized spacial score (nSPS) is 22.1. The number of aromatic nitrogens is 2. The molecule has 0 bridgehead atoms. The van der Waals surface area contributed by atoms with Crippen LogP contribution in [0.3, 0.4) is 0 Å². The van der Waals surface area contributed by atoms with Crippen molar-refractivity contribution in [2.75, 3.05) is 31.1 Å². The summed E-state index contributed by atoms with van der Waals surface area (Å²) in [5.74, 6) is 0.599. The number of carbonyl (C=O) groups excluding carboxylic acids is 1. The zero-order valence-electron chi connectivity index (χ0n) is 19.1. The molecule has 0 saturated carbocycles. The minimum atomic E-state index is 0.00546. The van der Waals surface area contributed by atoms with Gasteiger partial charge in [-0.1, -0.05) is 23.7 Å². The Kier molecular flexibility index (Phi) is 7.31. The Morgan fingerprint density at radius 2 is 1.79 bits per heavy atom. The molecule has 0 spiro atoms. The Hall–Kier alpha value is -2.89. The summed E-state index contributed by atoms with van der Waals surface area (Å²) in [5.41, 5.74) is 1.70. The maximum absolute atomic E-state index is 13.1. The van der Waals surface area contributed by atoms with E-state index in [0.717, 1.165) is 37.5 Å². The number of nitrogens with one attached hydrogen (secondary N) is 1. The number of anilines is 1. The van der Waals surface area contributed by atoms with Gasteiger partial charge in [0.05, 0.1) is 18.0 Å². The van der Waals surface area contributed by atoms with Crippen molar-refractivity contribution in [2.24, 2.45) is 0 Å². The van der Waals surface area contributed by atoms with Gasteiger partial charge in [0.25, 0.3) is 0 Å². The number of hydrogen-bond acceptors (Lipinski definition) is 6. The number of halogens is 1. The molecule has 33 heavy (non-hydrogen) atoms. The molecule has 0 unspecified atom stereocenters. The largest absolute Gasteiger partial charge is 0.335 e. The number of nitrogens with zero attached hydrogens (tertiary/aromatic N) is 6. The summed E-state index contributed by atoms with van der Waals surface area (Å²) < 4.78 is 0. The Morgan fingerprint density at radius 1 is 1.12 bits per heavy atom. The molecular weight excluding hydrogens is 438 g/mol. The van der Waals surface area contributed by atoms with Gasteiger partial charge in [-0.25, -0.2) is 14.8 Å². The lowest BCUT2D eigenvalue weighted by atomic mass is 10.0. The van der Waals surface area contributed by atoms with Crippen molar-refractivity contribution in [1.82, 2.24) is 25.1 Å². The van der Waals surface area contributed by atoms with Crippen LogP contribution in [0, 0.1) is 11.3 Å². The first-order valence-electron chi connectivity index (χ1n) is 11.5. The summed E-state index contributed by atoms with van der Waals surface area (Å²) >= 11 is 5.98. The maximum atomic E-state index is 13.1. The number of nitriles is 1. The van der Waals surface area contributed by atoms with Gasteiger partial charge in [0.15, 0.2) is 0 Å². The third-order valence-corrected chi connectivity index (χ3v) is 6.76. The fourth-order valence-electron chi connectivity index (χ4n) is 4.56. The minimum Gasteiger partial charge on any atom is -0.335 e. The average molecular weight is 468 g/mol. The second-order valence-corrected chi connectivity index (χ2v) is 9.45. The molecule has 2 aliphatic rings. The Balaban J connectivity index is 1.26. The number of piperidine rings is 1. The summed E-state index contributed by atoms with van der Waals surface area (Å²) in [7, 11) is 0. The van der Waals surface area contributed by atoms with Gasteiger partial charge in [0.2, 0.25) is 5.95 Å². The van der Waals surface area contributed by atoms with Crippen molar-refractivity contribution in [3.63, 3.8) is 0 Å². The third kappa shape index (κ3) is 5.73. The smallest absolute Gasteiger partial charge is 0.317 e. The summed E-state index contributed by atoms with van der Waals surface area (Å²) in [6.45, 7) is 8.21. The van der Waals surface area contributed by atoms with Crippen LogP contribution in [-0.4, -0.2) is 70.1 Å². The minimum absolute atomic E-state index is 0.00546. The fraction of sp³-hybridized carbons (Fsp3) is 0.500. The van der Waals surface area contributed by atoms with Crippen molar-refractivity contribution in [3.05, 3.63) is 52.8 Å². The van der Waals surface area contributed by atoms with E-state index in [4.69, 9.17) is 16.9 Å². The molecule has 1 N–H and O–H groups in total. The van der Waals surface area contributed by atoms with Gasteiger partial charge in [-0.15, -0.1) is 0 Å². The molecule has 1 aromatic heterocycles. The summed E-state index contributed by atoms with van der Waals surface area (Å²) in [6.07, 6.45) is 4.97. The van der Waals surface area contributed by atoms with Crippen molar-refractivity contribution >= 4 is 23.6 Å². The zero-order chi connectivity index (χ0) is 23.4. The zero-order valence-corrected chi connectivity index (χ0v) is 19.9. The fourth-order valence-corrected chi connectivity index (χ4v) is 4.68. The maximum Gasteiger partial charge on any atom is 0.317 e. The van der Waals surface area contributed by atoms with Crippen molar-refractivity contribution in [2.45, 2.75) is 51.4 Å². The summed E-state index contributed by atoms with van der Waals surface area (Å²) in [4.78, 5) is 28.2. The molecule has 3 heterocycles. The first kappa shape index (κ1) is 23.3. The molecule has 2 aliphatic heterocycles. The highest BCUT2D eigenvalue weighted by atomic mass is 35.5. The number of amides is 2. The Labute approximate surface area is 200 Å². The molecule has 4 rings (SSSR count). The number of piperazine rings is 1. The van der Waals surface area contributed by atoms with Crippen molar-refractivity contribution in [1.29, 1.82) is 5.26 Å². The molecule has 1 aromatic carbocycles. The van der Waals surface area contributed by atoms with E-state index >= 15 is 0 Å². The monoisotopic (exact) mass is 467 g/mol. The Morgan fingerprint density at radius 3 is 2.42 bits per heavy atom. The van der Waals surface area contributed by atoms with Crippen LogP contribution in [0.15, 0.2) is 36.7 Å². The second kappa shape index (κ2) is 10.4. The Bertz CT molecular complexity index is 983. The van der Waals surface area contributed by atoms with E-state index in [1.54, 1.807) is 0 Å². The number of hydrogen-bond donors (Lipinski definition) is 1. The molecular formula is C24H30ClN7O.